The lowest BCUT2D eigenvalue weighted by Gasteiger charge is -2.13. The predicted octanol–water partition coefficient (Wildman–Crippen LogP) is 2.10. The first-order valence-corrected chi connectivity index (χ1v) is 6.04. The van der Waals surface area contributed by atoms with E-state index >= 15 is 0 Å². The Kier molecular flexibility index (Phi) is 5.73. The molecule has 0 spiro atoms. The first-order chi connectivity index (χ1) is 9.13. The van der Waals surface area contributed by atoms with Gasteiger partial charge < -0.3 is 15.4 Å². The van der Waals surface area contributed by atoms with E-state index in [2.05, 4.69) is 9.97 Å². The minimum Gasteiger partial charge on any atom is -0.497 e. The monoisotopic (exact) mass is 294 g/mol. The molecule has 0 saturated heterocycles. The van der Waals surface area contributed by atoms with Crippen molar-refractivity contribution in [2.75, 3.05) is 26.1 Å². The van der Waals surface area contributed by atoms with Crippen molar-refractivity contribution in [3.05, 3.63) is 36.0 Å². The molecule has 0 fully saturated rings. The zero-order chi connectivity index (χ0) is 13.8. The predicted molar refractivity (Wildman–Crippen MR) is 83.5 cm³/mol. The Balaban J connectivity index is 0.00000200. The van der Waals surface area contributed by atoms with E-state index in [0.29, 0.717) is 12.5 Å². The highest BCUT2D eigenvalue weighted by atomic mass is 35.5. The number of nitrogens with two attached hydrogens (primary N) is 1. The van der Waals surface area contributed by atoms with Crippen LogP contribution in [0.25, 0.3) is 11.3 Å². The lowest BCUT2D eigenvalue weighted by Crippen LogP contribution is -2.15. The van der Waals surface area contributed by atoms with Crippen LogP contribution in [-0.2, 0) is 6.54 Å². The normalized spacial score (nSPS) is 9.80. The van der Waals surface area contributed by atoms with Gasteiger partial charge in [0.05, 0.1) is 18.5 Å². The van der Waals surface area contributed by atoms with E-state index in [-0.39, 0.29) is 12.4 Å². The van der Waals surface area contributed by atoms with Gasteiger partial charge in [0, 0.05) is 26.2 Å². The van der Waals surface area contributed by atoms with E-state index in [9.17, 15) is 0 Å². The average Bonchev–Trinajstić information content (AvgIpc) is 2.46. The number of anilines is 1. The van der Waals surface area contributed by atoms with Crippen LogP contribution in [0.3, 0.4) is 0 Å². The molecular weight excluding hydrogens is 276 g/mol. The smallest absolute Gasteiger partial charge is 0.225 e. The van der Waals surface area contributed by atoms with Crippen LogP contribution in [0.2, 0.25) is 0 Å². The van der Waals surface area contributed by atoms with Gasteiger partial charge in [-0.25, -0.2) is 9.97 Å². The minimum absolute atomic E-state index is 0. The van der Waals surface area contributed by atoms with Crippen LogP contribution in [0.4, 0.5) is 5.95 Å². The van der Waals surface area contributed by atoms with Crippen molar-refractivity contribution in [2.24, 2.45) is 5.73 Å². The van der Waals surface area contributed by atoms with Gasteiger partial charge in [0.15, 0.2) is 0 Å². The van der Waals surface area contributed by atoms with Crippen molar-refractivity contribution in [3.63, 3.8) is 0 Å². The molecule has 108 valence electrons. The van der Waals surface area contributed by atoms with E-state index in [4.69, 9.17) is 10.5 Å². The third-order valence-electron chi connectivity index (χ3n) is 2.76. The molecule has 5 nitrogen and oxygen atoms in total. The zero-order valence-electron chi connectivity index (χ0n) is 11.8. The lowest BCUT2D eigenvalue weighted by atomic mass is 10.1. The first kappa shape index (κ1) is 16.2. The van der Waals surface area contributed by atoms with Crippen molar-refractivity contribution in [1.29, 1.82) is 0 Å². The van der Waals surface area contributed by atoms with Crippen LogP contribution >= 0.6 is 12.4 Å². The van der Waals surface area contributed by atoms with Crippen LogP contribution in [-0.4, -0.2) is 31.2 Å². The van der Waals surface area contributed by atoms with Gasteiger partial charge in [-0.2, -0.15) is 0 Å². The van der Waals surface area contributed by atoms with E-state index < -0.39 is 0 Å². The number of nitrogens with zero attached hydrogens (tertiary/aromatic N) is 3. The Bertz CT molecular complexity index is 558. The quantitative estimate of drug-likeness (QED) is 0.935. The number of ether oxygens (including phenoxy) is 1. The molecule has 0 bridgehead atoms. The molecule has 0 aliphatic carbocycles. The number of halogens is 1. The Morgan fingerprint density at radius 2 is 1.80 bits per heavy atom. The zero-order valence-corrected chi connectivity index (χ0v) is 12.6. The molecule has 0 radical (unpaired) electrons. The Hall–Kier alpha value is -1.85. The number of aromatic nitrogens is 2. The van der Waals surface area contributed by atoms with Gasteiger partial charge in [-0.3, -0.25) is 0 Å². The van der Waals surface area contributed by atoms with Gasteiger partial charge in [-0.1, -0.05) is 0 Å². The number of hydrogen-bond donors (Lipinski definition) is 1. The van der Waals surface area contributed by atoms with Crippen LogP contribution in [0, 0.1) is 0 Å². The maximum Gasteiger partial charge on any atom is 0.225 e. The number of benzene rings is 1. The molecule has 6 heteroatoms. The molecule has 0 unspecified atom stereocenters. The fraction of sp³-hybridized carbons (Fsp3) is 0.286. The Labute approximate surface area is 125 Å². The fourth-order valence-electron chi connectivity index (χ4n) is 1.70. The number of rotatable bonds is 4. The number of hydrogen-bond acceptors (Lipinski definition) is 5. The molecule has 0 amide bonds. The average molecular weight is 295 g/mol. The van der Waals surface area contributed by atoms with Crippen LogP contribution < -0.4 is 15.4 Å². The summed E-state index contributed by atoms with van der Waals surface area (Å²) in [4.78, 5) is 10.8. The van der Waals surface area contributed by atoms with E-state index in [1.54, 1.807) is 7.11 Å². The summed E-state index contributed by atoms with van der Waals surface area (Å²) in [7, 11) is 5.47. The topological polar surface area (TPSA) is 64.3 Å². The summed E-state index contributed by atoms with van der Waals surface area (Å²) in [6.45, 7) is 0.395. The third-order valence-corrected chi connectivity index (χ3v) is 2.76. The number of methoxy groups -OCH3 is 1. The summed E-state index contributed by atoms with van der Waals surface area (Å²) < 4.78 is 5.15. The van der Waals surface area contributed by atoms with Crippen molar-refractivity contribution < 1.29 is 4.74 Å². The molecule has 1 aromatic carbocycles. The molecule has 2 rings (SSSR count). The summed E-state index contributed by atoms with van der Waals surface area (Å²) in [5.41, 5.74) is 8.38. The van der Waals surface area contributed by atoms with Crippen molar-refractivity contribution in [2.45, 2.75) is 6.54 Å². The largest absolute Gasteiger partial charge is 0.497 e. The summed E-state index contributed by atoms with van der Waals surface area (Å²) in [5, 5.41) is 0. The Morgan fingerprint density at radius 1 is 1.15 bits per heavy atom. The molecule has 0 atom stereocenters. The molecule has 2 aromatic rings. The maximum absolute atomic E-state index is 5.68. The molecule has 0 saturated carbocycles. The first-order valence-electron chi connectivity index (χ1n) is 6.04. The molecular formula is C14H19ClN4O. The highest BCUT2D eigenvalue weighted by Crippen LogP contribution is 2.22. The second kappa shape index (κ2) is 7.07. The minimum atomic E-state index is 0. The van der Waals surface area contributed by atoms with Gasteiger partial charge in [-0.05, 0) is 30.3 Å². The SMILES string of the molecule is COc1ccc(-c2cc(CN)nc(N(C)C)n2)cc1.Cl. The van der Waals surface area contributed by atoms with Crippen molar-refractivity contribution in [3.8, 4) is 17.0 Å². The second-order valence-corrected chi connectivity index (χ2v) is 4.37. The second-order valence-electron chi connectivity index (χ2n) is 4.37. The van der Waals surface area contributed by atoms with E-state index in [0.717, 1.165) is 22.7 Å². The summed E-state index contributed by atoms with van der Waals surface area (Å²) in [6, 6.07) is 9.68. The molecule has 2 N–H and O–H groups in total. The van der Waals surface area contributed by atoms with Gasteiger partial charge >= 0.3 is 0 Å². The summed E-state index contributed by atoms with van der Waals surface area (Å²) in [6.07, 6.45) is 0. The van der Waals surface area contributed by atoms with Crippen LogP contribution in [0.15, 0.2) is 30.3 Å². The lowest BCUT2D eigenvalue weighted by molar-refractivity contribution is 0.415. The molecule has 1 aromatic heterocycles. The molecule has 20 heavy (non-hydrogen) atoms. The summed E-state index contributed by atoms with van der Waals surface area (Å²) >= 11 is 0. The van der Waals surface area contributed by atoms with E-state index in [1.165, 1.54) is 0 Å². The van der Waals surface area contributed by atoms with Crippen molar-refractivity contribution in [1.82, 2.24) is 9.97 Å². The third kappa shape index (κ3) is 3.59. The highest BCUT2D eigenvalue weighted by Gasteiger charge is 2.07. The summed E-state index contributed by atoms with van der Waals surface area (Å²) in [5.74, 6) is 1.48. The van der Waals surface area contributed by atoms with Crippen molar-refractivity contribution >= 4 is 18.4 Å². The Morgan fingerprint density at radius 3 is 2.30 bits per heavy atom. The highest BCUT2D eigenvalue weighted by molar-refractivity contribution is 5.85. The van der Waals surface area contributed by atoms with Gasteiger partial charge in [0.2, 0.25) is 5.95 Å². The maximum atomic E-state index is 5.68. The fourth-order valence-corrected chi connectivity index (χ4v) is 1.70. The van der Waals surface area contributed by atoms with Gasteiger partial charge in [-0.15, -0.1) is 12.4 Å². The molecule has 1 heterocycles. The van der Waals surface area contributed by atoms with Crippen LogP contribution in [0.5, 0.6) is 5.75 Å². The standard InChI is InChI=1S/C14H18N4O.ClH/c1-18(2)14-16-11(9-15)8-13(17-14)10-4-6-12(19-3)7-5-10;/h4-8H,9,15H2,1-3H3;1H. The van der Waals surface area contributed by atoms with Gasteiger partial charge in [0.1, 0.15) is 5.75 Å². The van der Waals surface area contributed by atoms with Gasteiger partial charge in [0.25, 0.3) is 0 Å². The van der Waals surface area contributed by atoms with Crippen LogP contribution in [0.1, 0.15) is 5.69 Å². The molecule has 0 aliphatic rings. The van der Waals surface area contributed by atoms with E-state index in [1.807, 2.05) is 49.3 Å². The molecule has 0 aliphatic heterocycles.